The van der Waals surface area contributed by atoms with Crippen molar-refractivity contribution < 1.29 is 18.0 Å². The monoisotopic (exact) mass is 1390 g/mol. The van der Waals surface area contributed by atoms with Crippen LogP contribution in [0, 0.1) is 0 Å². The molecule has 498 valence electrons. The highest BCUT2D eigenvalue weighted by atomic mass is 32.2. The average Bonchev–Trinajstić information content (AvgIpc) is 0.779. The minimum atomic E-state index is -0.334. The van der Waals surface area contributed by atoms with Crippen LogP contribution in [0.3, 0.4) is 0 Å². The summed E-state index contributed by atoms with van der Waals surface area (Å²) >= 11 is 3.58. The molecule has 0 spiro atoms. The third-order valence-electron chi connectivity index (χ3n) is 19.5. The SMILES string of the molecule is O=c1oc2ccccc2c2ccc(-c3ccc(N4c5ccccc5Sc5ccccc54)cc3)cc12.O=c1oc2ccccc2c2ccc(-c3ccc4c(c3)Oc3ccccc3N4c3ccccc3)cc12.O=c1oc2ccccc2c2ccc(-c3ccc4c(c3)Sc3ccccc3N4c3ccccc3)cc12. The van der Waals surface area contributed by atoms with E-state index in [2.05, 4.69) is 197 Å². The van der Waals surface area contributed by atoms with Crippen LogP contribution in [0.5, 0.6) is 11.5 Å². The van der Waals surface area contributed by atoms with E-state index in [1.54, 1.807) is 23.5 Å². The predicted octanol–water partition coefficient (Wildman–Crippen LogP) is 25.3. The first-order valence-electron chi connectivity index (χ1n) is 34.4. The van der Waals surface area contributed by atoms with E-state index in [0.717, 1.165) is 111 Å². The standard InChI is InChI=1S/C31H19NO3.2C31H19NO2S/c33-31-25-18-20(14-16-23(25)24-10-4-6-12-28(24)35-31)21-15-17-27-30(19-21)34-29-13-7-5-11-26(29)32(27)22-8-2-1-3-9-22;33-31-25-19-21(15-18-23(25)24-7-1-4-10-28(24)34-31)20-13-16-22(17-14-20)32-26-8-2-5-11-29(26)35-30-12-6-3-9-27(30)32;33-31-25-18-20(14-16-23(25)24-10-4-6-12-28(24)34-31)21-15-17-27-30(19-21)35-29-13-7-5-11-26(29)32(27)22-8-2-1-3-9-22/h3*1-19H. The first kappa shape index (κ1) is 62.6. The van der Waals surface area contributed by atoms with Crippen molar-refractivity contribution in [3.63, 3.8) is 0 Å². The molecule has 0 unspecified atom stereocenters. The molecule has 0 saturated carbocycles. The first-order chi connectivity index (χ1) is 51.8. The normalized spacial score (nSPS) is 12.4. The summed E-state index contributed by atoms with van der Waals surface area (Å²) in [5, 5.41) is 7.30. The Kier molecular flexibility index (Phi) is 15.6. The van der Waals surface area contributed by atoms with Crippen LogP contribution < -0.4 is 36.3 Å². The number of rotatable bonds is 6. The molecule has 105 heavy (non-hydrogen) atoms. The van der Waals surface area contributed by atoms with Crippen molar-refractivity contribution in [1.29, 1.82) is 0 Å². The smallest absolute Gasteiger partial charge is 0.344 e. The number of hydrogen-bond acceptors (Lipinski definition) is 12. The molecule has 0 atom stereocenters. The Morgan fingerprint density at radius 1 is 0.210 bits per heavy atom. The fraction of sp³-hybridized carbons (Fsp3) is 0. The summed E-state index contributed by atoms with van der Waals surface area (Å²) in [5.74, 6) is 1.56. The molecular formula is C93H57N3O7S2. The van der Waals surface area contributed by atoms with E-state index < -0.39 is 0 Å². The van der Waals surface area contributed by atoms with Gasteiger partial charge in [0.15, 0.2) is 11.5 Å². The van der Waals surface area contributed by atoms with Crippen molar-refractivity contribution in [2.24, 2.45) is 0 Å². The Bertz CT molecular complexity index is 6370. The molecule has 0 N–H and O–H groups in total. The third kappa shape index (κ3) is 11.3. The number of fused-ring (bicyclic) bond motifs is 15. The van der Waals surface area contributed by atoms with Gasteiger partial charge in [-0.15, -0.1) is 0 Å². The highest BCUT2D eigenvalue weighted by Gasteiger charge is 2.29. The van der Waals surface area contributed by atoms with Gasteiger partial charge in [0, 0.05) is 52.8 Å². The molecule has 15 aromatic carbocycles. The Morgan fingerprint density at radius 2 is 0.524 bits per heavy atom. The fourth-order valence-electron chi connectivity index (χ4n) is 14.6. The zero-order chi connectivity index (χ0) is 70.1. The van der Waals surface area contributed by atoms with Gasteiger partial charge in [0.25, 0.3) is 0 Å². The summed E-state index contributed by atoms with van der Waals surface area (Å²) in [7, 11) is 0. The fourth-order valence-corrected chi connectivity index (χ4v) is 16.7. The van der Waals surface area contributed by atoms with Crippen LogP contribution in [0.15, 0.2) is 393 Å². The second-order valence-corrected chi connectivity index (χ2v) is 27.9. The number of anilines is 9. The van der Waals surface area contributed by atoms with Gasteiger partial charge in [-0.1, -0.05) is 224 Å². The number of para-hydroxylation sites is 10. The van der Waals surface area contributed by atoms with E-state index in [4.69, 9.17) is 18.0 Å². The molecule has 12 heteroatoms. The van der Waals surface area contributed by atoms with Crippen LogP contribution in [0.2, 0.25) is 0 Å². The second kappa shape index (κ2) is 26.2. The van der Waals surface area contributed by atoms with Crippen molar-refractivity contribution in [3.8, 4) is 44.9 Å². The third-order valence-corrected chi connectivity index (χ3v) is 21.7. The molecule has 21 rings (SSSR count). The molecule has 10 nitrogen and oxygen atoms in total. The molecule has 18 aromatic rings. The van der Waals surface area contributed by atoms with Crippen molar-refractivity contribution >= 4 is 140 Å². The van der Waals surface area contributed by atoms with Crippen molar-refractivity contribution in [3.05, 3.63) is 377 Å². The molecule has 0 fully saturated rings. The second-order valence-electron chi connectivity index (χ2n) is 25.7. The van der Waals surface area contributed by atoms with E-state index in [1.165, 1.54) is 36.6 Å². The Hall–Kier alpha value is -13.4. The number of ether oxygens (including phenoxy) is 1. The molecule has 0 radical (unpaired) electrons. The van der Waals surface area contributed by atoms with Crippen molar-refractivity contribution in [2.45, 2.75) is 19.6 Å². The molecule has 0 amide bonds. The van der Waals surface area contributed by atoms with Crippen LogP contribution >= 0.6 is 23.5 Å². The lowest BCUT2D eigenvalue weighted by Gasteiger charge is -2.33. The van der Waals surface area contributed by atoms with Crippen molar-refractivity contribution in [2.75, 3.05) is 14.7 Å². The quantitative estimate of drug-likeness (QED) is 0.117. The maximum atomic E-state index is 12.8. The predicted molar refractivity (Wildman–Crippen MR) is 429 cm³/mol. The molecule has 3 aliphatic heterocycles. The number of hydrogen-bond donors (Lipinski definition) is 0. The van der Waals surface area contributed by atoms with E-state index in [9.17, 15) is 14.4 Å². The summed E-state index contributed by atoms with van der Waals surface area (Å²) in [6.45, 7) is 0. The summed E-state index contributed by atoms with van der Waals surface area (Å²) in [6, 6.07) is 116. The van der Waals surface area contributed by atoms with Gasteiger partial charge in [-0.3, -0.25) is 0 Å². The summed E-state index contributed by atoms with van der Waals surface area (Å²) in [5.41, 5.74) is 16.8. The molecule has 0 bridgehead atoms. The van der Waals surface area contributed by atoms with Gasteiger partial charge < -0.3 is 32.7 Å². The van der Waals surface area contributed by atoms with Crippen LogP contribution in [-0.2, 0) is 0 Å². The van der Waals surface area contributed by atoms with E-state index in [0.29, 0.717) is 32.9 Å². The van der Waals surface area contributed by atoms with Gasteiger partial charge >= 0.3 is 16.9 Å². The van der Waals surface area contributed by atoms with Gasteiger partial charge in [0.1, 0.15) is 16.7 Å². The van der Waals surface area contributed by atoms with E-state index >= 15 is 0 Å². The molecule has 0 saturated heterocycles. The van der Waals surface area contributed by atoms with Gasteiger partial charge in [-0.25, -0.2) is 14.4 Å². The summed E-state index contributed by atoms with van der Waals surface area (Å²) in [6.07, 6.45) is 0. The summed E-state index contributed by atoms with van der Waals surface area (Å²) < 4.78 is 23.1. The lowest BCUT2D eigenvalue weighted by atomic mass is 9.99. The van der Waals surface area contributed by atoms with Gasteiger partial charge in [0.05, 0.1) is 50.3 Å². The zero-order valence-corrected chi connectivity index (χ0v) is 57.6. The molecule has 3 aliphatic rings. The van der Waals surface area contributed by atoms with E-state index in [-0.39, 0.29) is 16.9 Å². The lowest BCUT2D eigenvalue weighted by Crippen LogP contribution is -2.15. The highest BCUT2D eigenvalue weighted by molar-refractivity contribution is 8.00. The molecular weight excluding hydrogens is 1340 g/mol. The maximum absolute atomic E-state index is 12.8. The highest BCUT2D eigenvalue weighted by Crippen LogP contribution is 2.55. The van der Waals surface area contributed by atoms with Crippen LogP contribution in [-0.4, -0.2) is 0 Å². The zero-order valence-electron chi connectivity index (χ0n) is 55.9. The van der Waals surface area contributed by atoms with Crippen molar-refractivity contribution in [1.82, 2.24) is 0 Å². The summed E-state index contributed by atoms with van der Waals surface area (Å²) in [4.78, 5) is 49.9. The lowest BCUT2D eigenvalue weighted by molar-refractivity contribution is 0.477. The topological polar surface area (TPSA) is 110 Å². The van der Waals surface area contributed by atoms with Gasteiger partial charge in [-0.05, 0) is 195 Å². The van der Waals surface area contributed by atoms with Crippen LogP contribution in [0.4, 0.5) is 51.2 Å². The average molecular weight is 1390 g/mol. The molecule has 6 heterocycles. The Balaban J connectivity index is 0.000000108. The minimum Gasteiger partial charge on any atom is -0.453 e. The van der Waals surface area contributed by atoms with Crippen LogP contribution in [0.25, 0.3) is 98.6 Å². The largest absolute Gasteiger partial charge is 0.453 e. The van der Waals surface area contributed by atoms with Gasteiger partial charge in [0.2, 0.25) is 0 Å². The van der Waals surface area contributed by atoms with Crippen LogP contribution in [0.1, 0.15) is 0 Å². The van der Waals surface area contributed by atoms with E-state index in [1.807, 2.05) is 164 Å². The Labute approximate surface area is 610 Å². The maximum Gasteiger partial charge on any atom is 0.344 e. The molecule has 3 aromatic heterocycles. The Morgan fingerprint density at radius 3 is 1.00 bits per heavy atom. The number of benzene rings is 15. The first-order valence-corrected chi connectivity index (χ1v) is 36.1. The molecule has 0 aliphatic carbocycles. The van der Waals surface area contributed by atoms with Gasteiger partial charge in [-0.2, -0.15) is 0 Å². The minimum absolute atomic E-state index is 0.308. The number of nitrogens with zero attached hydrogens (tertiary/aromatic N) is 3.